The minimum absolute atomic E-state index is 0.0912. The van der Waals surface area contributed by atoms with Crippen LogP contribution in [0.15, 0.2) is 66.9 Å². The highest BCUT2D eigenvalue weighted by atomic mass is 16.2. The second kappa shape index (κ2) is 10.1. The van der Waals surface area contributed by atoms with Gasteiger partial charge in [-0.1, -0.05) is 69.3 Å². The van der Waals surface area contributed by atoms with Crippen LogP contribution < -0.4 is 10.9 Å². The van der Waals surface area contributed by atoms with Crippen LogP contribution in [0.4, 0.5) is 0 Å². The van der Waals surface area contributed by atoms with E-state index in [0.717, 1.165) is 11.3 Å². The number of para-hydroxylation sites is 1. The third-order valence-electron chi connectivity index (χ3n) is 6.12. The van der Waals surface area contributed by atoms with Gasteiger partial charge in [-0.15, -0.1) is 0 Å². The molecule has 2 aromatic carbocycles. The maximum Gasteiger partial charge on any atom is 0.273 e. The summed E-state index contributed by atoms with van der Waals surface area (Å²) in [4.78, 5) is 40.1. The quantitative estimate of drug-likeness (QED) is 0.566. The number of rotatable bonds is 4. The standard InChI is InChI=1S/C27H31N5O3/c1-27(2,3)26(35)31-16-14-20(15-17-31)24(33)28-29-25(34)22-18-32(21-12-8-5-9-13-21)30-23(22)19-10-6-4-7-11-19/h4-13,18,20H,14-17H2,1-3H3,(H,28,33)(H,29,34). The normalized spacial score (nSPS) is 14.4. The van der Waals surface area contributed by atoms with E-state index < -0.39 is 11.3 Å². The van der Waals surface area contributed by atoms with Crippen molar-refractivity contribution in [3.05, 3.63) is 72.4 Å². The SMILES string of the molecule is CC(C)(C)C(=O)N1CCC(C(=O)NNC(=O)c2cn(-c3ccccc3)nc2-c2ccccc2)CC1. The first-order chi connectivity index (χ1) is 16.7. The van der Waals surface area contributed by atoms with Gasteiger partial charge in [-0.25, -0.2) is 4.68 Å². The predicted octanol–water partition coefficient (Wildman–Crippen LogP) is 3.59. The van der Waals surface area contributed by atoms with E-state index in [4.69, 9.17) is 0 Å². The average molecular weight is 474 g/mol. The number of hydrogen-bond acceptors (Lipinski definition) is 4. The Bertz CT molecular complexity index is 1190. The van der Waals surface area contributed by atoms with Gasteiger partial charge in [0.15, 0.2) is 0 Å². The van der Waals surface area contributed by atoms with E-state index in [0.29, 0.717) is 37.2 Å². The van der Waals surface area contributed by atoms with Crippen LogP contribution in [0, 0.1) is 11.3 Å². The van der Waals surface area contributed by atoms with Crippen LogP contribution in [0.2, 0.25) is 0 Å². The summed E-state index contributed by atoms with van der Waals surface area (Å²) in [7, 11) is 0. The second-order valence-corrected chi connectivity index (χ2v) is 9.80. The minimum Gasteiger partial charge on any atom is -0.342 e. The molecule has 1 aliphatic rings. The Balaban J connectivity index is 1.43. The summed E-state index contributed by atoms with van der Waals surface area (Å²) in [6.45, 7) is 6.75. The molecule has 0 bridgehead atoms. The van der Waals surface area contributed by atoms with Crippen molar-refractivity contribution in [1.82, 2.24) is 25.5 Å². The zero-order valence-electron chi connectivity index (χ0n) is 20.3. The summed E-state index contributed by atoms with van der Waals surface area (Å²) < 4.78 is 1.65. The maximum atomic E-state index is 13.1. The topological polar surface area (TPSA) is 96.3 Å². The molecule has 0 radical (unpaired) electrons. The van der Waals surface area contributed by atoms with Crippen LogP contribution in [-0.2, 0) is 9.59 Å². The first-order valence-electron chi connectivity index (χ1n) is 11.8. The molecule has 0 atom stereocenters. The fourth-order valence-electron chi connectivity index (χ4n) is 4.17. The van der Waals surface area contributed by atoms with Gasteiger partial charge in [0.1, 0.15) is 5.69 Å². The molecule has 0 spiro atoms. The molecule has 182 valence electrons. The summed E-state index contributed by atoms with van der Waals surface area (Å²) in [5.74, 6) is -0.869. The van der Waals surface area contributed by atoms with Crippen molar-refractivity contribution in [2.45, 2.75) is 33.6 Å². The summed E-state index contributed by atoms with van der Waals surface area (Å²) in [5, 5.41) is 4.64. The van der Waals surface area contributed by atoms with Crippen LogP contribution in [0.1, 0.15) is 44.0 Å². The van der Waals surface area contributed by atoms with Crippen LogP contribution in [-0.4, -0.2) is 45.5 Å². The Morgan fingerprint density at radius 1 is 0.886 bits per heavy atom. The largest absolute Gasteiger partial charge is 0.342 e. The number of carbonyl (C=O) groups is 3. The lowest BCUT2D eigenvalue weighted by molar-refractivity contribution is -0.142. The fraction of sp³-hybridized carbons (Fsp3) is 0.333. The van der Waals surface area contributed by atoms with Crippen molar-refractivity contribution in [1.29, 1.82) is 0 Å². The molecular formula is C27H31N5O3. The zero-order valence-corrected chi connectivity index (χ0v) is 20.3. The minimum atomic E-state index is -0.445. The molecule has 8 nitrogen and oxygen atoms in total. The summed E-state index contributed by atoms with van der Waals surface area (Å²) in [5.41, 5.74) is 7.19. The van der Waals surface area contributed by atoms with E-state index in [1.54, 1.807) is 10.9 Å². The number of likely N-dealkylation sites (tertiary alicyclic amines) is 1. The Hall–Kier alpha value is -3.94. The first-order valence-corrected chi connectivity index (χ1v) is 11.8. The molecule has 0 unspecified atom stereocenters. The maximum absolute atomic E-state index is 13.1. The Morgan fingerprint density at radius 2 is 1.49 bits per heavy atom. The van der Waals surface area contributed by atoms with Gasteiger partial charge in [-0.3, -0.25) is 25.2 Å². The van der Waals surface area contributed by atoms with Gasteiger partial charge >= 0.3 is 0 Å². The molecule has 4 rings (SSSR count). The van der Waals surface area contributed by atoms with Gasteiger partial charge in [0.2, 0.25) is 11.8 Å². The highest BCUT2D eigenvalue weighted by Crippen LogP contribution is 2.25. The average Bonchev–Trinajstić information content (AvgIpc) is 3.33. The number of hydrazine groups is 1. The molecule has 0 saturated carbocycles. The van der Waals surface area contributed by atoms with Crippen molar-refractivity contribution in [3.63, 3.8) is 0 Å². The van der Waals surface area contributed by atoms with Crippen LogP contribution in [0.3, 0.4) is 0 Å². The summed E-state index contributed by atoms with van der Waals surface area (Å²) in [6, 6.07) is 19.0. The molecule has 1 aliphatic heterocycles. The number of benzene rings is 2. The summed E-state index contributed by atoms with van der Waals surface area (Å²) >= 11 is 0. The lowest BCUT2D eigenvalue weighted by Crippen LogP contribution is -2.49. The Kier molecular flexibility index (Phi) is 7.00. The van der Waals surface area contributed by atoms with E-state index in [2.05, 4.69) is 16.0 Å². The van der Waals surface area contributed by atoms with Crippen molar-refractivity contribution < 1.29 is 14.4 Å². The number of amides is 3. The third kappa shape index (κ3) is 5.59. The fourth-order valence-corrected chi connectivity index (χ4v) is 4.17. The smallest absolute Gasteiger partial charge is 0.273 e. The molecule has 1 saturated heterocycles. The van der Waals surface area contributed by atoms with Crippen LogP contribution >= 0.6 is 0 Å². The lowest BCUT2D eigenvalue weighted by Gasteiger charge is -2.35. The Labute approximate surface area is 205 Å². The molecular weight excluding hydrogens is 442 g/mol. The highest BCUT2D eigenvalue weighted by Gasteiger charge is 2.32. The van der Waals surface area contributed by atoms with E-state index in [-0.39, 0.29) is 17.7 Å². The van der Waals surface area contributed by atoms with Gasteiger partial charge in [0.25, 0.3) is 5.91 Å². The van der Waals surface area contributed by atoms with Gasteiger partial charge in [0, 0.05) is 36.2 Å². The molecule has 3 aromatic rings. The van der Waals surface area contributed by atoms with E-state index in [9.17, 15) is 14.4 Å². The zero-order chi connectivity index (χ0) is 25.0. The molecule has 1 fully saturated rings. The van der Waals surface area contributed by atoms with E-state index in [1.807, 2.05) is 86.3 Å². The van der Waals surface area contributed by atoms with Gasteiger partial charge < -0.3 is 4.90 Å². The number of aromatic nitrogens is 2. The molecule has 0 aliphatic carbocycles. The molecule has 1 aromatic heterocycles. The van der Waals surface area contributed by atoms with Gasteiger partial charge in [-0.05, 0) is 25.0 Å². The van der Waals surface area contributed by atoms with Crippen molar-refractivity contribution >= 4 is 17.7 Å². The number of nitrogens with one attached hydrogen (secondary N) is 2. The van der Waals surface area contributed by atoms with Crippen molar-refractivity contribution in [2.24, 2.45) is 11.3 Å². The molecule has 35 heavy (non-hydrogen) atoms. The van der Waals surface area contributed by atoms with Gasteiger partial charge in [0.05, 0.1) is 11.3 Å². The monoisotopic (exact) mass is 473 g/mol. The van der Waals surface area contributed by atoms with Crippen LogP contribution in [0.5, 0.6) is 0 Å². The number of carbonyl (C=O) groups excluding carboxylic acids is 3. The van der Waals surface area contributed by atoms with Gasteiger partial charge in [-0.2, -0.15) is 5.10 Å². The lowest BCUT2D eigenvalue weighted by atomic mass is 9.91. The number of piperidine rings is 1. The highest BCUT2D eigenvalue weighted by molar-refractivity contribution is 6.00. The molecule has 2 heterocycles. The Morgan fingerprint density at radius 3 is 2.09 bits per heavy atom. The molecule has 2 N–H and O–H groups in total. The number of hydrogen-bond donors (Lipinski definition) is 2. The predicted molar refractivity (Wildman–Crippen MR) is 133 cm³/mol. The van der Waals surface area contributed by atoms with Crippen LogP contribution in [0.25, 0.3) is 16.9 Å². The van der Waals surface area contributed by atoms with Crippen molar-refractivity contribution in [3.8, 4) is 16.9 Å². The molecule has 8 heteroatoms. The third-order valence-corrected chi connectivity index (χ3v) is 6.12. The second-order valence-electron chi connectivity index (χ2n) is 9.80. The van der Waals surface area contributed by atoms with E-state index >= 15 is 0 Å². The molecule has 3 amide bonds. The first kappa shape index (κ1) is 24.2. The van der Waals surface area contributed by atoms with Crippen molar-refractivity contribution in [2.75, 3.05) is 13.1 Å². The number of nitrogens with zero attached hydrogens (tertiary/aromatic N) is 3. The summed E-state index contributed by atoms with van der Waals surface area (Å²) in [6.07, 6.45) is 2.78. The van der Waals surface area contributed by atoms with E-state index in [1.165, 1.54) is 0 Å².